The monoisotopic (exact) mass is 290 g/mol. The van der Waals surface area contributed by atoms with E-state index in [1.54, 1.807) is 24.3 Å². The number of nitrogens with one attached hydrogen (secondary N) is 1. The summed E-state index contributed by atoms with van der Waals surface area (Å²) in [5, 5.41) is 14.5. The van der Waals surface area contributed by atoms with E-state index in [0.717, 1.165) is 0 Å². The maximum absolute atomic E-state index is 12.4. The number of rotatable bonds is 3. The number of anilines is 1. The summed E-state index contributed by atoms with van der Waals surface area (Å²) in [5.74, 6) is -2.81. The molecule has 3 rings (SSSR count). The van der Waals surface area contributed by atoms with Crippen LogP contribution >= 0.6 is 11.6 Å². The van der Waals surface area contributed by atoms with Crippen molar-refractivity contribution >= 4 is 29.2 Å². The number of fused-ring (bicyclic) bond motifs is 2. The Morgan fingerprint density at radius 3 is 2.55 bits per heavy atom. The molecule has 1 N–H and O–H groups in total. The Hall–Kier alpha value is -1.81. The highest BCUT2D eigenvalue weighted by molar-refractivity contribution is 6.30. The molecule has 0 heterocycles. The van der Waals surface area contributed by atoms with Crippen LogP contribution in [0.25, 0.3) is 0 Å². The van der Waals surface area contributed by atoms with Crippen LogP contribution in [-0.2, 0) is 9.59 Å². The van der Waals surface area contributed by atoms with Crippen molar-refractivity contribution in [1.29, 1.82) is 0 Å². The summed E-state index contributed by atoms with van der Waals surface area (Å²) in [6.07, 6.45) is 4.53. The summed E-state index contributed by atoms with van der Waals surface area (Å²) in [6, 6.07) is 6.80. The molecule has 1 aromatic carbocycles. The van der Waals surface area contributed by atoms with Crippen LogP contribution in [0.15, 0.2) is 36.4 Å². The van der Waals surface area contributed by atoms with Crippen LogP contribution in [0.1, 0.15) is 6.42 Å². The van der Waals surface area contributed by atoms with Crippen LogP contribution in [0, 0.1) is 23.7 Å². The highest BCUT2D eigenvalue weighted by Gasteiger charge is 2.48. The highest BCUT2D eigenvalue weighted by atomic mass is 35.5. The third-order valence-electron chi connectivity index (χ3n) is 4.13. The molecule has 1 amide bonds. The molecule has 0 aliphatic heterocycles. The minimum Gasteiger partial charge on any atom is -0.550 e. The fourth-order valence-corrected chi connectivity index (χ4v) is 3.48. The van der Waals surface area contributed by atoms with E-state index in [9.17, 15) is 14.7 Å². The van der Waals surface area contributed by atoms with E-state index in [1.165, 1.54) is 0 Å². The molecule has 0 unspecified atom stereocenters. The standard InChI is InChI=1S/C15H14ClNO3/c16-10-2-1-3-11(7-10)17-14(18)12-8-4-5-9(6-8)13(12)15(19)20/h1-5,7-9,12-13H,6H2,(H,17,18)(H,19,20)/p-1/t8-,9+,12-,13+/m1/s1. The summed E-state index contributed by atoms with van der Waals surface area (Å²) >= 11 is 5.86. The summed E-state index contributed by atoms with van der Waals surface area (Å²) in [7, 11) is 0. The molecule has 4 nitrogen and oxygen atoms in total. The van der Waals surface area contributed by atoms with E-state index < -0.39 is 17.8 Å². The van der Waals surface area contributed by atoms with Gasteiger partial charge < -0.3 is 15.2 Å². The largest absolute Gasteiger partial charge is 0.550 e. The van der Waals surface area contributed by atoms with Crippen molar-refractivity contribution in [2.24, 2.45) is 23.7 Å². The van der Waals surface area contributed by atoms with Crippen molar-refractivity contribution in [3.63, 3.8) is 0 Å². The normalized spacial score (nSPS) is 30.4. The third kappa shape index (κ3) is 2.20. The first-order valence-corrected chi connectivity index (χ1v) is 6.89. The number of benzene rings is 1. The lowest BCUT2D eigenvalue weighted by Gasteiger charge is -2.27. The average Bonchev–Trinajstić information content (AvgIpc) is 2.98. The fraction of sp³-hybridized carbons (Fsp3) is 0.333. The first-order chi connectivity index (χ1) is 9.56. The van der Waals surface area contributed by atoms with Gasteiger partial charge in [-0.15, -0.1) is 0 Å². The smallest absolute Gasteiger partial charge is 0.228 e. The van der Waals surface area contributed by atoms with Crippen molar-refractivity contribution in [1.82, 2.24) is 0 Å². The predicted octanol–water partition coefficient (Wildman–Crippen LogP) is 1.47. The van der Waals surface area contributed by atoms with Gasteiger partial charge in [0, 0.05) is 22.6 Å². The van der Waals surface area contributed by atoms with Crippen molar-refractivity contribution in [3.05, 3.63) is 41.4 Å². The number of carboxylic acids is 1. The molecular formula is C15H13ClNO3-. The molecule has 2 aliphatic rings. The van der Waals surface area contributed by atoms with Gasteiger partial charge in [-0.2, -0.15) is 0 Å². The lowest BCUT2D eigenvalue weighted by atomic mass is 9.82. The number of carbonyl (C=O) groups excluding carboxylic acids is 2. The molecule has 0 aromatic heterocycles. The predicted molar refractivity (Wildman–Crippen MR) is 72.8 cm³/mol. The zero-order chi connectivity index (χ0) is 14.3. The zero-order valence-electron chi connectivity index (χ0n) is 10.6. The van der Waals surface area contributed by atoms with Gasteiger partial charge >= 0.3 is 0 Å². The second-order valence-electron chi connectivity index (χ2n) is 5.32. The maximum atomic E-state index is 12.4. The van der Waals surface area contributed by atoms with Gasteiger partial charge in [0.25, 0.3) is 0 Å². The molecule has 2 bridgehead atoms. The number of carboxylic acid groups (broad SMARTS) is 1. The third-order valence-corrected chi connectivity index (χ3v) is 4.36. The number of carbonyl (C=O) groups is 2. The van der Waals surface area contributed by atoms with Crippen molar-refractivity contribution in [2.45, 2.75) is 6.42 Å². The molecule has 104 valence electrons. The van der Waals surface area contributed by atoms with Gasteiger partial charge in [-0.3, -0.25) is 4.79 Å². The highest BCUT2D eigenvalue weighted by Crippen LogP contribution is 2.48. The zero-order valence-corrected chi connectivity index (χ0v) is 11.3. The molecule has 1 aromatic rings. The molecule has 1 saturated carbocycles. The molecule has 0 saturated heterocycles. The van der Waals surface area contributed by atoms with Gasteiger partial charge in [-0.05, 0) is 36.5 Å². The molecular weight excluding hydrogens is 278 g/mol. The van der Waals surface area contributed by atoms with E-state index in [2.05, 4.69) is 5.32 Å². The molecule has 5 heteroatoms. The molecule has 4 atom stereocenters. The molecule has 0 radical (unpaired) electrons. The Morgan fingerprint density at radius 2 is 1.90 bits per heavy atom. The topological polar surface area (TPSA) is 69.2 Å². The fourth-order valence-electron chi connectivity index (χ4n) is 3.29. The van der Waals surface area contributed by atoms with E-state index >= 15 is 0 Å². The van der Waals surface area contributed by atoms with Crippen LogP contribution in [0.2, 0.25) is 5.02 Å². The average molecular weight is 291 g/mol. The first-order valence-electron chi connectivity index (χ1n) is 6.52. The van der Waals surface area contributed by atoms with Crippen LogP contribution in [0.5, 0.6) is 0 Å². The van der Waals surface area contributed by atoms with Crippen LogP contribution in [-0.4, -0.2) is 11.9 Å². The molecule has 2 aliphatic carbocycles. The molecule has 0 spiro atoms. The molecule has 20 heavy (non-hydrogen) atoms. The second kappa shape index (κ2) is 4.94. The van der Waals surface area contributed by atoms with Crippen LogP contribution in [0.3, 0.4) is 0 Å². The Balaban J connectivity index is 1.80. The Bertz CT molecular complexity index is 599. The minimum atomic E-state index is -1.15. The Morgan fingerprint density at radius 1 is 1.20 bits per heavy atom. The van der Waals surface area contributed by atoms with Gasteiger partial charge in [-0.25, -0.2) is 0 Å². The summed E-state index contributed by atoms with van der Waals surface area (Å²) in [5.41, 5.74) is 0.575. The van der Waals surface area contributed by atoms with E-state index in [1.807, 2.05) is 12.2 Å². The first kappa shape index (κ1) is 13.2. The number of hydrogen-bond donors (Lipinski definition) is 1. The minimum absolute atomic E-state index is 0.0120. The Labute approximate surface area is 121 Å². The van der Waals surface area contributed by atoms with Crippen molar-refractivity contribution < 1.29 is 14.7 Å². The summed E-state index contributed by atoms with van der Waals surface area (Å²) < 4.78 is 0. The number of halogens is 1. The Kier molecular flexibility index (Phi) is 3.26. The van der Waals surface area contributed by atoms with Gasteiger partial charge in [0.15, 0.2) is 0 Å². The number of aliphatic carboxylic acids is 1. The van der Waals surface area contributed by atoms with Gasteiger partial charge in [0.1, 0.15) is 0 Å². The van der Waals surface area contributed by atoms with Crippen molar-refractivity contribution in [2.75, 3.05) is 5.32 Å². The van der Waals surface area contributed by atoms with E-state index in [0.29, 0.717) is 17.1 Å². The maximum Gasteiger partial charge on any atom is 0.228 e. The quantitative estimate of drug-likeness (QED) is 0.857. The van der Waals surface area contributed by atoms with Gasteiger partial charge in [0.05, 0.1) is 5.92 Å². The number of hydrogen-bond acceptors (Lipinski definition) is 3. The van der Waals surface area contributed by atoms with Crippen LogP contribution < -0.4 is 10.4 Å². The summed E-state index contributed by atoms with van der Waals surface area (Å²) in [4.78, 5) is 23.6. The lowest BCUT2D eigenvalue weighted by molar-refractivity contribution is -0.313. The van der Waals surface area contributed by atoms with E-state index in [4.69, 9.17) is 11.6 Å². The second-order valence-corrected chi connectivity index (χ2v) is 5.75. The number of amides is 1. The SMILES string of the molecule is O=C([O-])[C@@H]1[C@H](C(=O)Nc2cccc(Cl)c2)[C@@H]2C=C[C@H]1C2. The van der Waals surface area contributed by atoms with E-state index in [-0.39, 0.29) is 17.7 Å². The molecule has 1 fully saturated rings. The number of allylic oxidation sites excluding steroid dienone is 2. The van der Waals surface area contributed by atoms with Gasteiger partial charge in [-0.1, -0.05) is 29.8 Å². The summed E-state index contributed by atoms with van der Waals surface area (Å²) in [6.45, 7) is 0. The van der Waals surface area contributed by atoms with Gasteiger partial charge in [0.2, 0.25) is 5.91 Å². The van der Waals surface area contributed by atoms with Crippen LogP contribution in [0.4, 0.5) is 5.69 Å². The lowest BCUT2D eigenvalue weighted by Crippen LogP contribution is -2.42. The van der Waals surface area contributed by atoms with Crippen molar-refractivity contribution in [3.8, 4) is 0 Å².